The van der Waals surface area contributed by atoms with Crippen molar-refractivity contribution < 1.29 is 19.1 Å². The first-order chi connectivity index (χ1) is 15.5. The average Bonchev–Trinajstić information content (AvgIpc) is 3.16. The van der Waals surface area contributed by atoms with Crippen LogP contribution in [0.15, 0.2) is 18.2 Å². The third kappa shape index (κ3) is 4.56. The van der Waals surface area contributed by atoms with Gasteiger partial charge in [-0.05, 0) is 81.0 Å². The maximum atomic E-state index is 13.1. The molecule has 0 N–H and O–H groups in total. The summed E-state index contributed by atoms with van der Waals surface area (Å²) in [4.78, 5) is 26.1. The SMILES string of the molecule is CCn1c2c(c3cc(C(=O)N(C)CCCC(=O)OC)ccc31)CC(C1CCOCC1)CC2. The van der Waals surface area contributed by atoms with Crippen molar-refractivity contribution in [2.45, 2.75) is 58.4 Å². The van der Waals surface area contributed by atoms with Crippen molar-refractivity contribution in [3.8, 4) is 0 Å². The maximum Gasteiger partial charge on any atom is 0.305 e. The van der Waals surface area contributed by atoms with Gasteiger partial charge in [-0.3, -0.25) is 9.59 Å². The summed E-state index contributed by atoms with van der Waals surface area (Å²) >= 11 is 0. The van der Waals surface area contributed by atoms with Gasteiger partial charge in [-0.15, -0.1) is 0 Å². The van der Waals surface area contributed by atoms with Crippen molar-refractivity contribution in [2.75, 3.05) is 33.9 Å². The fourth-order valence-corrected chi connectivity index (χ4v) is 5.65. The van der Waals surface area contributed by atoms with Crippen LogP contribution in [-0.2, 0) is 33.7 Å². The molecule has 32 heavy (non-hydrogen) atoms. The van der Waals surface area contributed by atoms with E-state index in [4.69, 9.17) is 9.47 Å². The molecular weight excluding hydrogens is 404 g/mol. The highest BCUT2D eigenvalue weighted by Gasteiger charge is 2.31. The van der Waals surface area contributed by atoms with Crippen LogP contribution in [-0.4, -0.2) is 55.3 Å². The largest absolute Gasteiger partial charge is 0.469 e. The van der Waals surface area contributed by atoms with E-state index >= 15 is 0 Å². The van der Waals surface area contributed by atoms with Gasteiger partial charge in [0, 0.05) is 61.9 Å². The maximum absolute atomic E-state index is 13.1. The van der Waals surface area contributed by atoms with Crippen LogP contribution in [0.25, 0.3) is 10.9 Å². The van der Waals surface area contributed by atoms with E-state index in [1.807, 2.05) is 6.07 Å². The monoisotopic (exact) mass is 440 g/mol. The summed E-state index contributed by atoms with van der Waals surface area (Å²) in [5, 5.41) is 1.24. The van der Waals surface area contributed by atoms with E-state index in [0.717, 1.165) is 44.1 Å². The molecule has 1 fully saturated rings. The zero-order chi connectivity index (χ0) is 22.7. The second-order valence-electron chi connectivity index (χ2n) is 9.26. The smallest absolute Gasteiger partial charge is 0.305 e. The molecule has 1 amide bonds. The molecule has 0 radical (unpaired) electrons. The molecule has 0 spiro atoms. The van der Waals surface area contributed by atoms with Gasteiger partial charge in [-0.25, -0.2) is 0 Å². The molecule has 0 bridgehead atoms. The van der Waals surface area contributed by atoms with Crippen molar-refractivity contribution in [1.29, 1.82) is 0 Å². The molecule has 6 heteroatoms. The summed E-state index contributed by atoms with van der Waals surface area (Å²) in [5.41, 5.74) is 4.88. The lowest BCUT2D eigenvalue weighted by atomic mass is 9.75. The van der Waals surface area contributed by atoms with E-state index in [2.05, 4.69) is 23.6 Å². The van der Waals surface area contributed by atoms with Gasteiger partial charge in [0.25, 0.3) is 5.91 Å². The molecule has 1 atom stereocenters. The third-order valence-electron chi connectivity index (χ3n) is 7.45. The minimum absolute atomic E-state index is 0.00607. The van der Waals surface area contributed by atoms with E-state index < -0.39 is 0 Å². The molecule has 1 aliphatic carbocycles. The lowest BCUT2D eigenvalue weighted by molar-refractivity contribution is -0.140. The van der Waals surface area contributed by atoms with Crippen LogP contribution in [0.3, 0.4) is 0 Å². The number of carbonyl (C=O) groups is 2. The standard InChI is InChI=1S/C26H36N2O4/c1-4-28-23-9-7-19(18-11-14-32-15-12-18)16-21(23)22-17-20(8-10-24(22)28)26(30)27(2)13-5-6-25(29)31-3/h8,10,17-19H,4-7,9,11-16H2,1-3H3. The number of esters is 1. The average molecular weight is 441 g/mol. The molecule has 174 valence electrons. The van der Waals surface area contributed by atoms with Crippen LogP contribution in [0, 0.1) is 11.8 Å². The molecule has 1 unspecified atom stereocenters. The quantitative estimate of drug-likeness (QED) is 0.605. The van der Waals surface area contributed by atoms with Crippen molar-refractivity contribution in [3.63, 3.8) is 0 Å². The second-order valence-corrected chi connectivity index (χ2v) is 9.26. The highest BCUT2D eigenvalue weighted by molar-refractivity contribution is 5.99. The van der Waals surface area contributed by atoms with Crippen molar-refractivity contribution >= 4 is 22.8 Å². The van der Waals surface area contributed by atoms with E-state index in [9.17, 15) is 9.59 Å². The Morgan fingerprint density at radius 3 is 2.69 bits per heavy atom. The first-order valence-corrected chi connectivity index (χ1v) is 12.1. The van der Waals surface area contributed by atoms with Gasteiger partial charge in [0.2, 0.25) is 0 Å². The molecule has 0 saturated carbocycles. The lowest BCUT2D eigenvalue weighted by Crippen LogP contribution is -2.28. The Kier molecular flexibility index (Phi) is 7.19. The Hall–Kier alpha value is -2.34. The number of ether oxygens (including phenoxy) is 2. The summed E-state index contributed by atoms with van der Waals surface area (Å²) in [6.07, 6.45) is 6.76. The zero-order valence-corrected chi connectivity index (χ0v) is 19.7. The molecule has 6 nitrogen and oxygen atoms in total. The van der Waals surface area contributed by atoms with Gasteiger partial charge in [0.1, 0.15) is 0 Å². The van der Waals surface area contributed by atoms with Gasteiger partial charge >= 0.3 is 5.97 Å². The van der Waals surface area contributed by atoms with Gasteiger partial charge in [-0.2, -0.15) is 0 Å². The minimum atomic E-state index is -0.237. The predicted molar refractivity (Wildman–Crippen MR) is 125 cm³/mol. The summed E-state index contributed by atoms with van der Waals surface area (Å²) in [6.45, 7) is 5.48. The lowest BCUT2D eigenvalue weighted by Gasteiger charge is -2.33. The van der Waals surface area contributed by atoms with E-state index in [1.165, 1.54) is 48.5 Å². The zero-order valence-electron chi connectivity index (χ0n) is 19.7. The number of fused-ring (bicyclic) bond motifs is 3. The summed E-state index contributed by atoms with van der Waals surface area (Å²) < 4.78 is 12.7. The fourth-order valence-electron chi connectivity index (χ4n) is 5.65. The number of amides is 1. The van der Waals surface area contributed by atoms with Gasteiger partial charge in [-0.1, -0.05) is 0 Å². The molecule has 1 aliphatic heterocycles. The number of benzene rings is 1. The van der Waals surface area contributed by atoms with Gasteiger partial charge in [0.05, 0.1) is 7.11 Å². The number of aryl methyl sites for hydroxylation is 1. The van der Waals surface area contributed by atoms with Crippen LogP contribution in [0.2, 0.25) is 0 Å². The first-order valence-electron chi connectivity index (χ1n) is 12.1. The van der Waals surface area contributed by atoms with E-state index in [1.54, 1.807) is 11.9 Å². The molecule has 1 aromatic heterocycles. The van der Waals surface area contributed by atoms with Crippen LogP contribution in [0.1, 0.15) is 60.6 Å². The number of aromatic nitrogens is 1. The Morgan fingerprint density at radius 1 is 1.19 bits per heavy atom. The fraction of sp³-hybridized carbons (Fsp3) is 0.615. The third-order valence-corrected chi connectivity index (χ3v) is 7.45. The van der Waals surface area contributed by atoms with E-state index in [-0.39, 0.29) is 11.9 Å². The predicted octanol–water partition coefficient (Wildman–Crippen LogP) is 4.22. The molecule has 2 heterocycles. The van der Waals surface area contributed by atoms with Gasteiger partial charge < -0.3 is 18.9 Å². The Morgan fingerprint density at radius 2 is 1.97 bits per heavy atom. The molecule has 1 saturated heterocycles. The Balaban J connectivity index is 1.56. The van der Waals surface area contributed by atoms with Crippen molar-refractivity contribution in [1.82, 2.24) is 9.47 Å². The Bertz CT molecular complexity index is 974. The summed E-state index contributed by atoms with van der Waals surface area (Å²) in [7, 11) is 3.19. The molecule has 4 rings (SSSR count). The molecular formula is C26H36N2O4. The van der Waals surface area contributed by atoms with Crippen LogP contribution in [0.5, 0.6) is 0 Å². The number of methoxy groups -OCH3 is 1. The van der Waals surface area contributed by atoms with Crippen LogP contribution < -0.4 is 0 Å². The molecule has 2 aromatic rings. The van der Waals surface area contributed by atoms with E-state index in [0.29, 0.717) is 25.3 Å². The number of rotatable bonds is 7. The van der Waals surface area contributed by atoms with Crippen molar-refractivity contribution in [3.05, 3.63) is 35.0 Å². The highest BCUT2D eigenvalue weighted by Crippen LogP contribution is 2.39. The molecule has 1 aromatic carbocycles. The van der Waals surface area contributed by atoms with Crippen molar-refractivity contribution in [2.24, 2.45) is 11.8 Å². The topological polar surface area (TPSA) is 60.8 Å². The normalized spacial score (nSPS) is 19.0. The second kappa shape index (κ2) is 10.1. The summed E-state index contributed by atoms with van der Waals surface area (Å²) in [5.74, 6) is 1.23. The van der Waals surface area contributed by atoms with Crippen LogP contribution >= 0.6 is 0 Å². The van der Waals surface area contributed by atoms with Crippen LogP contribution in [0.4, 0.5) is 0 Å². The minimum Gasteiger partial charge on any atom is -0.469 e. The number of nitrogens with zero attached hydrogens (tertiary/aromatic N) is 2. The molecule has 2 aliphatic rings. The summed E-state index contributed by atoms with van der Waals surface area (Å²) in [6, 6.07) is 6.18. The highest BCUT2D eigenvalue weighted by atomic mass is 16.5. The Labute approximate surface area is 190 Å². The first kappa shape index (κ1) is 22.8. The van der Waals surface area contributed by atoms with Gasteiger partial charge in [0.15, 0.2) is 0 Å². The number of hydrogen-bond donors (Lipinski definition) is 0. The number of hydrogen-bond acceptors (Lipinski definition) is 4. The number of carbonyl (C=O) groups excluding carboxylic acids is 2.